The van der Waals surface area contributed by atoms with Gasteiger partial charge in [-0.05, 0) is 24.5 Å². The second kappa shape index (κ2) is 6.95. The second-order valence-corrected chi connectivity index (χ2v) is 3.39. The fourth-order valence-corrected chi connectivity index (χ4v) is 1.35. The van der Waals surface area contributed by atoms with Crippen LogP contribution in [0.2, 0.25) is 0 Å². The molecule has 1 aromatic carbocycles. The molecule has 0 bridgehead atoms. The topological polar surface area (TPSA) is 64.3 Å². The van der Waals surface area contributed by atoms with E-state index >= 15 is 0 Å². The van der Waals surface area contributed by atoms with E-state index in [1.165, 1.54) is 6.07 Å². The van der Waals surface area contributed by atoms with Gasteiger partial charge in [-0.25, -0.2) is 4.39 Å². The minimum absolute atomic E-state index is 0.0238. The van der Waals surface area contributed by atoms with E-state index < -0.39 is 5.82 Å². The van der Waals surface area contributed by atoms with Crippen LogP contribution in [0.4, 0.5) is 4.39 Å². The van der Waals surface area contributed by atoms with Crippen molar-refractivity contribution in [3.05, 3.63) is 29.1 Å². The van der Waals surface area contributed by atoms with Crippen molar-refractivity contribution in [1.82, 2.24) is 0 Å². The Morgan fingerprint density at radius 1 is 1.44 bits per heavy atom. The van der Waals surface area contributed by atoms with Gasteiger partial charge in [0, 0.05) is 24.5 Å². The molecule has 0 aliphatic carbocycles. The van der Waals surface area contributed by atoms with Crippen molar-refractivity contribution in [3.63, 3.8) is 0 Å². The lowest BCUT2D eigenvalue weighted by molar-refractivity contribution is 0.399. The number of hydrogen-bond donors (Lipinski definition) is 3. The lowest BCUT2D eigenvalue weighted by Crippen LogP contribution is -1.96. The molecule has 1 aromatic rings. The molecule has 90 valence electrons. The van der Waals surface area contributed by atoms with Gasteiger partial charge in [0.15, 0.2) is 0 Å². The Morgan fingerprint density at radius 2 is 2.00 bits per heavy atom. The molecule has 4 heteroatoms. The molecule has 0 aliphatic heterocycles. The smallest absolute Gasteiger partial charge is 0.127 e. The van der Waals surface area contributed by atoms with E-state index in [4.69, 9.17) is 10.5 Å². The van der Waals surface area contributed by atoms with Crippen molar-refractivity contribution in [1.29, 1.82) is 5.41 Å². The number of rotatable bonds is 3. The minimum atomic E-state index is -0.406. The molecule has 0 heterocycles. The molecular weight excluding hydrogens is 209 g/mol. The Balaban J connectivity index is 0.00000106. The number of aromatic hydroxyl groups is 1. The third-order valence-electron chi connectivity index (χ3n) is 2.43. The van der Waals surface area contributed by atoms with E-state index in [0.29, 0.717) is 5.56 Å². The van der Waals surface area contributed by atoms with Crippen LogP contribution in [0.1, 0.15) is 37.3 Å². The van der Waals surface area contributed by atoms with E-state index in [-0.39, 0.29) is 17.2 Å². The molecule has 16 heavy (non-hydrogen) atoms. The number of aliphatic hydroxyl groups excluding tert-OH is 1. The lowest BCUT2D eigenvalue weighted by Gasteiger charge is -2.12. The zero-order chi connectivity index (χ0) is 12.7. The highest BCUT2D eigenvalue weighted by Crippen LogP contribution is 2.30. The summed E-state index contributed by atoms with van der Waals surface area (Å²) in [5.41, 5.74) is 0.811. The van der Waals surface area contributed by atoms with Gasteiger partial charge in [-0.1, -0.05) is 13.8 Å². The van der Waals surface area contributed by atoms with Gasteiger partial charge in [-0.3, -0.25) is 0 Å². The van der Waals surface area contributed by atoms with Crippen molar-refractivity contribution >= 4 is 6.21 Å². The Morgan fingerprint density at radius 3 is 2.44 bits per heavy atom. The quantitative estimate of drug-likeness (QED) is 0.695. The van der Waals surface area contributed by atoms with Crippen LogP contribution < -0.4 is 0 Å². The van der Waals surface area contributed by atoms with Gasteiger partial charge in [-0.15, -0.1) is 0 Å². The van der Waals surface area contributed by atoms with E-state index in [0.717, 1.165) is 25.8 Å². The maximum Gasteiger partial charge on any atom is 0.127 e. The summed E-state index contributed by atoms with van der Waals surface area (Å²) in [6, 6.07) is 2.49. The number of aliphatic hydroxyl groups is 1. The summed E-state index contributed by atoms with van der Waals surface area (Å²) in [4.78, 5) is 0. The third-order valence-corrected chi connectivity index (χ3v) is 2.43. The van der Waals surface area contributed by atoms with Crippen LogP contribution in [0.25, 0.3) is 0 Å². The molecule has 1 unspecified atom stereocenters. The lowest BCUT2D eigenvalue weighted by atomic mass is 9.95. The highest BCUT2D eigenvalue weighted by molar-refractivity contribution is 5.81. The molecule has 0 amide bonds. The molecule has 1 rings (SSSR count). The minimum Gasteiger partial charge on any atom is -0.507 e. The predicted octanol–water partition coefficient (Wildman–Crippen LogP) is 2.65. The molecule has 0 saturated heterocycles. The number of nitrogens with one attached hydrogen (secondary N) is 1. The number of phenols is 1. The first-order valence-electron chi connectivity index (χ1n) is 5.07. The molecule has 0 aromatic heterocycles. The van der Waals surface area contributed by atoms with Crippen molar-refractivity contribution in [2.75, 3.05) is 7.11 Å². The van der Waals surface area contributed by atoms with Gasteiger partial charge in [-0.2, -0.15) is 0 Å². The zero-order valence-corrected chi connectivity index (χ0v) is 9.79. The maximum atomic E-state index is 13.1. The molecule has 0 fully saturated rings. The fraction of sp³-hybridized carbons (Fsp3) is 0.417. The number of halogens is 1. The Labute approximate surface area is 95.1 Å². The van der Waals surface area contributed by atoms with E-state index in [1.54, 1.807) is 0 Å². The summed E-state index contributed by atoms with van der Waals surface area (Å²) >= 11 is 0. The van der Waals surface area contributed by atoms with Gasteiger partial charge >= 0.3 is 0 Å². The fourth-order valence-electron chi connectivity index (χ4n) is 1.35. The highest BCUT2D eigenvalue weighted by Gasteiger charge is 2.13. The van der Waals surface area contributed by atoms with Gasteiger partial charge in [0.25, 0.3) is 0 Å². The van der Waals surface area contributed by atoms with Gasteiger partial charge < -0.3 is 15.6 Å². The number of phenolic OH excluding ortho intramolecular Hbond substituents is 1. The first-order chi connectivity index (χ1) is 7.60. The van der Waals surface area contributed by atoms with E-state index in [2.05, 4.69) is 0 Å². The van der Waals surface area contributed by atoms with Crippen LogP contribution in [-0.2, 0) is 0 Å². The third kappa shape index (κ3) is 3.31. The number of hydrogen-bond acceptors (Lipinski definition) is 3. The predicted molar refractivity (Wildman–Crippen MR) is 62.8 cm³/mol. The summed E-state index contributed by atoms with van der Waals surface area (Å²) in [6.45, 7) is 3.89. The van der Waals surface area contributed by atoms with Crippen LogP contribution in [0.5, 0.6) is 5.75 Å². The van der Waals surface area contributed by atoms with Crippen molar-refractivity contribution < 1.29 is 14.6 Å². The van der Waals surface area contributed by atoms with Crippen molar-refractivity contribution in [2.24, 2.45) is 0 Å². The standard InChI is InChI=1S/C11H14FNO.CH4O/c1-3-7(2)10-5-9(12)4-8(6-13)11(10)14;1-2/h4-7,13-14H,3H2,1-2H3;2H,1H3. The SMILES string of the molecule is CCC(C)c1cc(F)cc(C=N)c1O.CO. The summed E-state index contributed by atoms with van der Waals surface area (Å²) in [6.07, 6.45) is 1.79. The molecule has 0 spiro atoms. The second-order valence-electron chi connectivity index (χ2n) is 3.39. The molecule has 0 aliphatic rings. The van der Waals surface area contributed by atoms with Gasteiger partial charge in [0.2, 0.25) is 0 Å². The molecule has 3 nitrogen and oxygen atoms in total. The summed E-state index contributed by atoms with van der Waals surface area (Å²) in [5, 5.41) is 23.7. The largest absolute Gasteiger partial charge is 0.507 e. The first-order valence-corrected chi connectivity index (χ1v) is 5.07. The summed E-state index contributed by atoms with van der Waals surface area (Å²) in [5.74, 6) is -0.281. The average molecular weight is 227 g/mol. The van der Waals surface area contributed by atoms with Crippen LogP contribution in [0.15, 0.2) is 12.1 Å². The van der Waals surface area contributed by atoms with Crippen LogP contribution in [0.3, 0.4) is 0 Å². The maximum absolute atomic E-state index is 13.1. The van der Waals surface area contributed by atoms with E-state index in [9.17, 15) is 9.50 Å². The highest BCUT2D eigenvalue weighted by atomic mass is 19.1. The van der Waals surface area contributed by atoms with Crippen molar-refractivity contribution in [3.8, 4) is 5.75 Å². The Hall–Kier alpha value is -1.42. The molecule has 1 atom stereocenters. The van der Waals surface area contributed by atoms with Gasteiger partial charge in [0.1, 0.15) is 11.6 Å². The molecular formula is C12H18FNO2. The van der Waals surface area contributed by atoms with Gasteiger partial charge in [0.05, 0.1) is 0 Å². The van der Waals surface area contributed by atoms with Crippen molar-refractivity contribution in [2.45, 2.75) is 26.2 Å². The van der Waals surface area contributed by atoms with Crippen LogP contribution in [0, 0.1) is 11.2 Å². The Bertz CT molecular complexity index is 353. The molecule has 0 radical (unpaired) electrons. The molecule has 3 N–H and O–H groups in total. The average Bonchev–Trinajstić information content (AvgIpc) is 2.33. The molecule has 0 saturated carbocycles. The summed E-state index contributed by atoms with van der Waals surface area (Å²) in [7, 11) is 1.00. The van der Waals surface area contributed by atoms with Crippen LogP contribution in [-0.4, -0.2) is 23.5 Å². The normalized spacial score (nSPS) is 11.3. The Kier molecular flexibility index (Phi) is 6.34. The monoisotopic (exact) mass is 227 g/mol. The number of benzene rings is 1. The zero-order valence-electron chi connectivity index (χ0n) is 9.79. The van der Waals surface area contributed by atoms with Crippen LogP contribution >= 0.6 is 0 Å². The van der Waals surface area contributed by atoms with E-state index in [1.807, 2.05) is 13.8 Å². The summed E-state index contributed by atoms with van der Waals surface area (Å²) < 4.78 is 13.1. The first kappa shape index (κ1) is 14.6.